The van der Waals surface area contributed by atoms with Gasteiger partial charge in [0.05, 0.1) is 0 Å². The van der Waals surface area contributed by atoms with E-state index >= 15 is 0 Å². The monoisotopic (exact) mass is 285 g/mol. The van der Waals surface area contributed by atoms with Crippen molar-refractivity contribution in [1.29, 1.82) is 0 Å². The second kappa shape index (κ2) is 6.83. The predicted octanol–water partition coefficient (Wildman–Crippen LogP) is 1.95. The van der Waals surface area contributed by atoms with Crippen LogP contribution in [0.1, 0.15) is 30.6 Å². The van der Waals surface area contributed by atoms with E-state index in [-0.39, 0.29) is 30.4 Å². The van der Waals surface area contributed by atoms with Gasteiger partial charge in [-0.25, -0.2) is 8.78 Å². The summed E-state index contributed by atoms with van der Waals surface area (Å²) in [5.41, 5.74) is 5.41. The van der Waals surface area contributed by atoms with E-state index in [1.165, 1.54) is 11.0 Å². The number of hydrogen-bond donors (Lipinski definition) is 2. The number of nitrogens with two attached hydrogens (primary N) is 1. The zero-order valence-electron chi connectivity index (χ0n) is 11.3. The summed E-state index contributed by atoms with van der Waals surface area (Å²) in [6, 6.07) is 2.82. The van der Waals surface area contributed by atoms with Crippen LogP contribution in [-0.2, 0) is 0 Å². The van der Waals surface area contributed by atoms with Gasteiger partial charge in [0.15, 0.2) is 11.6 Å². The van der Waals surface area contributed by atoms with Crippen molar-refractivity contribution in [2.24, 2.45) is 10.9 Å². The molecular formula is C13H17F2N3O2. The summed E-state index contributed by atoms with van der Waals surface area (Å²) in [5.74, 6) is -2.52. The van der Waals surface area contributed by atoms with Crippen molar-refractivity contribution in [2.75, 3.05) is 6.54 Å². The molecule has 1 amide bonds. The Morgan fingerprint density at radius 2 is 2.05 bits per heavy atom. The molecule has 0 heterocycles. The number of benzene rings is 1. The summed E-state index contributed by atoms with van der Waals surface area (Å²) in [7, 11) is 0. The molecule has 0 atom stereocenters. The summed E-state index contributed by atoms with van der Waals surface area (Å²) >= 11 is 0. The van der Waals surface area contributed by atoms with Gasteiger partial charge in [-0.3, -0.25) is 4.79 Å². The molecule has 1 rings (SSSR count). The van der Waals surface area contributed by atoms with Crippen LogP contribution < -0.4 is 5.73 Å². The standard InChI is InChI=1S/C13H17F2N3O2/c1-8(2)18(6-5-12(16)17-20)13(19)9-3-4-10(14)11(15)7-9/h3-4,7-8,20H,5-6H2,1-2H3,(H2,16,17). The van der Waals surface area contributed by atoms with Crippen molar-refractivity contribution in [1.82, 2.24) is 4.90 Å². The maximum Gasteiger partial charge on any atom is 0.254 e. The molecule has 3 N–H and O–H groups in total. The number of carbonyl (C=O) groups is 1. The minimum atomic E-state index is -1.07. The lowest BCUT2D eigenvalue weighted by Crippen LogP contribution is -2.39. The van der Waals surface area contributed by atoms with Crippen molar-refractivity contribution in [3.8, 4) is 0 Å². The highest BCUT2D eigenvalue weighted by Crippen LogP contribution is 2.13. The van der Waals surface area contributed by atoms with E-state index in [4.69, 9.17) is 10.9 Å². The van der Waals surface area contributed by atoms with Crippen LogP contribution >= 0.6 is 0 Å². The van der Waals surface area contributed by atoms with Crippen LogP contribution in [-0.4, -0.2) is 34.4 Å². The second-order valence-electron chi connectivity index (χ2n) is 4.56. The van der Waals surface area contributed by atoms with Gasteiger partial charge >= 0.3 is 0 Å². The minimum Gasteiger partial charge on any atom is -0.409 e. The van der Waals surface area contributed by atoms with Crippen LogP contribution in [0.25, 0.3) is 0 Å². The Bertz CT molecular complexity index is 518. The second-order valence-corrected chi connectivity index (χ2v) is 4.56. The molecule has 0 spiro atoms. The van der Waals surface area contributed by atoms with Gasteiger partial charge in [0, 0.05) is 24.6 Å². The highest BCUT2D eigenvalue weighted by Gasteiger charge is 2.20. The minimum absolute atomic E-state index is 0.00580. The number of nitrogens with zero attached hydrogens (tertiary/aromatic N) is 2. The molecule has 0 saturated carbocycles. The first-order chi connectivity index (χ1) is 9.36. The largest absolute Gasteiger partial charge is 0.409 e. The first kappa shape index (κ1) is 15.9. The van der Waals surface area contributed by atoms with E-state index in [1.54, 1.807) is 13.8 Å². The quantitative estimate of drug-likeness (QED) is 0.375. The maximum atomic E-state index is 13.2. The zero-order chi connectivity index (χ0) is 15.3. The molecule has 0 fully saturated rings. The Labute approximate surface area is 115 Å². The SMILES string of the molecule is CC(C)N(CCC(N)=NO)C(=O)c1ccc(F)c(F)c1. The highest BCUT2D eigenvalue weighted by molar-refractivity contribution is 5.94. The zero-order valence-corrected chi connectivity index (χ0v) is 11.3. The molecule has 0 saturated heterocycles. The summed E-state index contributed by atoms with van der Waals surface area (Å²) < 4.78 is 26.0. The number of amidine groups is 1. The smallest absolute Gasteiger partial charge is 0.254 e. The van der Waals surface area contributed by atoms with Gasteiger partial charge in [-0.15, -0.1) is 0 Å². The Balaban J connectivity index is 2.90. The number of oxime groups is 1. The van der Waals surface area contributed by atoms with Crippen LogP contribution in [0, 0.1) is 11.6 Å². The maximum absolute atomic E-state index is 13.2. The Kier molecular flexibility index (Phi) is 5.42. The van der Waals surface area contributed by atoms with Crippen LogP contribution in [0.5, 0.6) is 0 Å². The molecule has 110 valence electrons. The van der Waals surface area contributed by atoms with E-state index in [2.05, 4.69) is 5.16 Å². The fourth-order valence-corrected chi connectivity index (χ4v) is 1.67. The molecular weight excluding hydrogens is 268 g/mol. The Hall–Kier alpha value is -2.18. The van der Waals surface area contributed by atoms with E-state index < -0.39 is 17.5 Å². The average molecular weight is 285 g/mol. The number of amides is 1. The molecule has 0 aliphatic carbocycles. The molecule has 0 aliphatic heterocycles. The number of carbonyl (C=O) groups excluding carboxylic acids is 1. The molecule has 1 aromatic rings. The lowest BCUT2D eigenvalue weighted by molar-refractivity contribution is 0.0710. The Morgan fingerprint density at radius 1 is 1.40 bits per heavy atom. The van der Waals surface area contributed by atoms with Gasteiger partial charge in [-0.2, -0.15) is 0 Å². The summed E-state index contributed by atoms with van der Waals surface area (Å²) in [4.78, 5) is 13.7. The molecule has 0 aliphatic rings. The number of hydrogen-bond acceptors (Lipinski definition) is 3. The Morgan fingerprint density at radius 3 is 2.55 bits per heavy atom. The summed E-state index contributed by atoms with van der Waals surface area (Å²) in [6.45, 7) is 3.78. The lowest BCUT2D eigenvalue weighted by Gasteiger charge is -2.26. The van der Waals surface area contributed by atoms with Gasteiger partial charge in [-0.05, 0) is 32.0 Å². The van der Waals surface area contributed by atoms with Crippen molar-refractivity contribution < 1.29 is 18.8 Å². The normalized spacial score (nSPS) is 11.8. The van der Waals surface area contributed by atoms with E-state index in [0.717, 1.165) is 12.1 Å². The third-order valence-electron chi connectivity index (χ3n) is 2.79. The molecule has 7 heteroatoms. The van der Waals surface area contributed by atoms with Crippen LogP contribution in [0.3, 0.4) is 0 Å². The molecule has 1 aromatic carbocycles. The van der Waals surface area contributed by atoms with Crippen LogP contribution in [0.15, 0.2) is 23.4 Å². The summed E-state index contributed by atoms with van der Waals surface area (Å²) in [5, 5.41) is 11.3. The molecule has 0 aromatic heterocycles. The van der Waals surface area contributed by atoms with E-state index in [9.17, 15) is 13.6 Å². The van der Waals surface area contributed by atoms with Crippen LogP contribution in [0.4, 0.5) is 8.78 Å². The molecule has 0 unspecified atom stereocenters. The number of rotatable bonds is 5. The van der Waals surface area contributed by atoms with Crippen molar-refractivity contribution in [3.63, 3.8) is 0 Å². The van der Waals surface area contributed by atoms with Crippen molar-refractivity contribution in [3.05, 3.63) is 35.4 Å². The van der Waals surface area contributed by atoms with Gasteiger partial charge in [-0.1, -0.05) is 5.16 Å². The third-order valence-corrected chi connectivity index (χ3v) is 2.79. The van der Waals surface area contributed by atoms with Gasteiger partial charge in [0.2, 0.25) is 0 Å². The van der Waals surface area contributed by atoms with Crippen LogP contribution in [0.2, 0.25) is 0 Å². The van der Waals surface area contributed by atoms with Gasteiger partial charge < -0.3 is 15.8 Å². The lowest BCUT2D eigenvalue weighted by atomic mass is 10.1. The first-order valence-corrected chi connectivity index (χ1v) is 6.09. The van der Waals surface area contributed by atoms with Gasteiger partial charge in [0.25, 0.3) is 5.91 Å². The average Bonchev–Trinajstić information content (AvgIpc) is 2.41. The van der Waals surface area contributed by atoms with Crippen molar-refractivity contribution >= 4 is 11.7 Å². The van der Waals surface area contributed by atoms with Gasteiger partial charge in [0.1, 0.15) is 5.84 Å². The topological polar surface area (TPSA) is 78.9 Å². The molecule has 20 heavy (non-hydrogen) atoms. The number of halogens is 2. The molecule has 0 radical (unpaired) electrons. The fraction of sp³-hybridized carbons (Fsp3) is 0.385. The highest BCUT2D eigenvalue weighted by atomic mass is 19.2. The van der Waals surface area contributed by atoms with E-state index in [1.807, 2.05) is 0 Å². The molecule has 0 bridgehead atoms. The summed E-state index contributed by atoms with van der Waals surface area (Å²) in [6.07, 6.45) is 0.185. The first-order valence-electron chi connectivity index (χ1n) is 6.09. The molecule has 5 nitrogen and oxygen atoms in total. The van der Waals surface area contributed by atoms with E-state index in [0.29, 0.717) is 0 Å². The van der Waals surface area contributed by atoms with Crippen molar-refractivity contribution in [2.45, 2.75) is 26.3 Å². The predicted molar refractivity (Wildman–Crippen MR) is 70.6 cm³/mol. The third kappa shape index (κ3) is 3.91. The fourth-order valence-electron chi connectivity index (χ4n) is 1.67.